The van der Waals surface area contributed by atoms with E-state index in [4.69, 9.17) is 0 Å². The Hall–Kier alpha value is -4.14. The number of hydrogen-bond acceptors (Lipinski definition) is 6. The second kappa shape index (κ2) is 7.12. The number of nitrogens with zero attached hydrogens (tertiary/aromatic N) is 5. The quantitative estimate of drug-likeness (QED) is 0.529. The molecule has 0 saturated carbocycles. The van der Waals surface area contributed by atoms with Gasteiger partial charge in [-0.15, -0.1) is 11.7 Å². The first-order valence-corrected chi connectivity index (χ1v) is 8.76. The molecule has 2 heterocycles. The Bertz CT molecular complexity index is 1150. The van der Waals surface area contributed by atoms with E-state index in [-0.39, 0.29) is 29.1 Å². The van der Waals surface area contributed by atoms with Crippen molar-refractivity contribution in [2.45, 2.75) is 6.92 Å². The zero-order valence-electron chi connectivity index (χ0n) is 15.5. The van der Waals surface area contributed by atoms with Crippen molar-refractivity contribution in [2.75, 3.05) is 11.9 Å². The Morgan fingerprint density at radius 2 is 1.97 bits per heavy atom. The molecular weight excluding hydrogens is 372 g/mol. The predicted molar refractivity (Wildman–Crippen MR) is 104 cm³/mol. The first-order valence-electron chi connectivity index (χ1n) is 8.76. The minimum Gasteiger partial charge on any atom is -0.322 e. The van der Waals surface area contributed by atoms with E-state index >= 15 is 0 Å². The average molecular weight is 388 g/mol. The lowest BCUT2D eigenvalue weighted by Gasteiger charge is -2.12. The third kappa shape index (κ3) is 3.08. The molecule has 4 rings (SSSR count). The van der Waals surface area contributed by atoms with Crippen molar-refractivity contribution in [2.24, 2.45) is 0 Å². The molecule has 1 N–H and O–H groups in total. The summed E-state index contributed by atoms with van der Waals surface area (Å²) in [5, 5.41) is 13.9. The molecular formula is C20H16N6O3. The molecule has 3 amide bonds. The average Bonchev–Trinajstić information content (AvgIpc) is 3.33. The second-order valence-corrected chi connectivity index (χ2v) is 6.43. The zero-order valence-corrected chi connectivity index (χ0v) is 15.5. The molecule has 0 saturated heterocycles. The molecule has 0 atom stereocenters. The number of hydrogen-bond donors (Lipinski definition) is 1. The number of carbonyl (C=O) groups is 3. The summed E-state index contributed by atoms with van der Waals surface area (Å²) in [5.74, 6) is -1.22. The largest absolute Gasteiger partial charge is 0.322 e. The van der Waals surface area contributed by atoms with Gasteiger partial charge in [0.05, 0.1) is 16.8 Å². The summed E-state index contributed by atoms with van der Waals surface area (Å²) in [7, 11) is 0. The van der Waals surface area contributed by atoms with Crippen LogP contribution in [0.5, 0.6) is 0 Å². The summed E-state index contributed by atoms with van der Waals surface area (Å²) < 4.78 is 1.50. The number of nitrogens with one attached hydrogen (secondary N) is 1. The third-order valence-corrected chi connectivity index (χ3v) is 4.69. The first-order chi connectivity index (χ1) is 14.0. The molecule has 1 aliphatic rings. The number of anilines is 1. The van der Waals surface area contributed by atoms with Crippen LogP contribution in [0.15, 0.2) is 55.4 Å². The summed E-state index contributed by atoms with van der Waals surface area (Å²) in [5.41, 5.74) is 2.85. The van der Waals surface area contributed by atoms with Gasteiger partial charge in [0, 0.05) is 17.8 Å². The van der Waals surface area contributed by atoms with Crippen LogP contribution in [0.3, 0.4) is 0 Å². The predicted octanol–water partition coefficient (Wildman–Crippen LogP) is 2.01. The molecule has 29 heavy (non-hydrogen) atoms. The fraction of sp³-hybridized carbons (Fsp3) is 0.100. The maximum Gasteiger partial charge on any atom is 0.261 e. The fourth-order valence-corrected chi connectivity index (χ4v) is 3.20. The molecule has 144 valence electrons. The molecule has 1 aliphatic heterocycles. The van der Waals surface area contributed by atoms with Crippen molar-refractivity contribution >= 4 is 23.4 Å². The van der Waals surface area contributed by atoms with Crippen LogP contribution in [0.4, 0.5) is 5.69 Å². The smallest absolute Gasteiger partial charge is 0.261 e. The lowest BCUT2D eigenvalue weighted by atomic mass is 10.0. The second-order valence-electron chi connectivity index (χ2n) is 6.43. The lowest BCUT2D eigenvalue weighted by molar-refractivity contribution is 0.0672. The van der Waals surface area contributed by atoms with Gasteiger partial charge >= 0.3 is 0 Å². The summed E-state index contributed by atoms with van der Waals surface area (Å²) in [6, 6.07) is 9.82. The Morgan fingerprint density at radius 3 is 2.69 bits per heavy atom. The van der Waals surface area contributed by atoms with Crippen LogP contribution in [0.2, 0.25) is 0 Å². The van der Waals surface area contributed by atoms with E-state index < -0.39 is 11.8 Å². The highest BCUT2D eigenvalue weighted by Gasteiger charge is 2.35. The van der Waals surface area contributed by atoms with Gasteiger partial charge < -0.3 is 5.32 Å². The molecule has 2 aromatic carbocycles. The summed E-state index contributed by atoms with van der Waals surface area (Å²) in [6.45, 7) is 5.52. The number of imide groups is 1. The number of aromatic nitrogens is 4. The van der Waals surface area contributed by atoms with Crippen LogP contribution in [0.25, 0.3) is 5.69 Å². The van der Waals surface area contributed by atoms with Crippen molar-refractivity contribution in [1.29, 1.82) is 0 Å². The minimum absolute atomic E-state index is 0.122. The normalized spacial score (nSPS) is 12.8. The van der Waals surface area contributed by atoms with Gasteiger partial charge in [-0.25, -0.2) is 4.68 Å². The van der Waals surface area contributed by atoms with Gasteiger partial charge in [0.25, 0.3) is 17.7 Å². The molecule has 0 spiro atoms. The molecule has 9 heteroatoms. The van der Waals surface area contributed by atoms with E-state index in [1.165, 1.54) is 35.3 Å². The minimum atomic E-state index is -0.434. The molecule has 1 aromatic heterocycles. The number of rotatable bonds is 5. The van der Waals surface area contributed by atoms with E-state index in [9.17, 15) is 14.4 Å². The van der Waals surface area contributed by atoms with Crippen LogP contribution in [-0.4, -0.2) is 49.4 Å². The molecule has 9 nitrogen and oxygen atoms in total. The topological polar surface area (TPSA) is 110 Å². The molecule has 0 fully saturated rings. The van der Waals surface area contributed by atoms with Crippen molar-refractivity contribution < 1.29 is 14.4 Å². The van der Waals surface area contributed by atoms with Crippen LogP contribution in [-0.2, 0) is 0 Å². The molecule has 0 radical (unpaired) electrons. The van der Waals surface area contributed by atoms with Crippen molar-refractivity contribution in [3.63, 3.8) is 0 Å². The monoisotopic (exact) mass is 388 g/mol. The highest BCUT2D eigenvalue weighted by atomic mass is 16.2. The van der Waals surface area contributed by atoms with E-state index in [1.807, 2.05) is 13.0 Å². The number of benzene rings is 2. The number of amides is 3. The highest BCUT2D eigenvalue weighted by molar-refractivity contribution is 6.22. The van der Waals surface area contributed by atoms with Gasteiger partial charge in [-0.1, -0.05) is 12.1 Å². The summed E-state index contributed by atoms with van der Waals surface area (Å²) >= 11 is 0. The lowest BCUT2D eigenvalue weighted by Crippen LogP contribution is -2.29. The Morgan fingerprint density at radius 1 is 1.17 bits per heavy atom. The van der Waals surface area contributed by atoms with E-state index in [1.54, 1.807) is 12.1 Å². The van der Waals surface area contributed by atoms with Gasteiger partial charge in [0.1, 0.15) is 6.33 Å². The van der Waals surface area contributed by atoms with E-state index in [0.717, 1.165) is 16.2 Å². The van der Waals surface area contributed by atoms with Crippen molar-refractivity contribution in [1.82, 2.24) is 25.1 Å². The SMILES string of the molecule is C=CCN1C(=O)c2ccc(C(=O)Nc3cccc(-n4cnnn4)c3C)cc2C1=O. The van der Waals surface area contributed by atoms with Crippen LogP contribution < -0.4 is 5.32 Å². The maximum atomic E-state index is 12.8. The van der Waals surface area contributed by atoms with Crippen LogP contribution in [0.1, 0.15) is 36.6 Å². The third-order valence-electron chi connectivity index (χ3n) is 4.69. The zero-order chi connectivity index (χ0) is 20.5. The first kappa shape index (κ1) is 18.2. The summed E-state index contributed by atoms with van der Waals surface area (Å²) in [4.78, 5) is 38.6. The standard InChI is InChI=1S/C20H16N6O3/c1-3-9-25-19(28)14-8-7-13(10-15(14)20(25)29)18(27)22-16-5-4-6-17(12(16)2)26-11-21-23-24-26/h3-8,10-11H,1,9H2,2H3,(H,22,27). The highest BCUT2D eigenvalue weighted by Crippen LogP contribution is 2.26. The Kier molecular flexibility index (Phi) is 4.47. The van der Waals surface area contributed by atoms with Gasteiger partial charge in [-0.05, 0) is 53.2 Å². The number of carbonyl (C=O) groups excluding carboxylic acids is 3. The Labute approximate surface area is 165 Å². The Balaban J connectivity index is 1.62. The van der Waals surface area contributed by atoms with E-state index in [0.29, 0.717) is 5.69 Å². The van der Waals surface area contributed by atoms with Crippen molar-refractivity contribution in [3.05, 3.63) is 77.6 Å². The van der Waals surface area contributed by atoms with Crippen LogP contribution >= 0.6 is 0 Å². The van der Waals surface area contributed by atoms with Crippen LogP contribution in [0, 0.1) is 6.92 Å². The summed E-state index contributed by atoms with van der Waals surface area (Å²) in [6.07, 6.45) is 2.95. The fourth-order valence-electron chi connectivity index (χ4n) is 3.20. The van der Waals surface area contributed by atoms with Gasteiger partial charge in [0.15, 0.2) is 0 Å². The van der Waals surface area contributed by atoms with Crippen molar-refractivity contribution in [3.8, 4) is 5.69 Å². The molecule has 0 bridgehead atoms. The van der Waals surface area contributed by atoms with Gasteiger partial charge in [-0.3, -0.25) is 19.3 Å². The van der Waals surface area contributed by atoms with E-state index in [2.05, 4.69) is 27.4 Å². The number of fused-ring (bicyclic) bond motifs is 1. The maximum absolute atomic E-state index is 12.8. The van der Waals surface area contributed by atoms with Gasteiger partial charge in [-0.2, -0.15) is 0 Å². The number of tetrazole rings is 1. The molecule has 0 unspecified atom stereocenters. The molecule has 3 aromatic rings. The van der Waals surface area contributed by atoms with Gasteiger partial charge in [0.2, 0.25) is 0 Å². The molecule has 0 aliphatic carbocycles.